The van der Waals surface area contributed by atoms with Crippen LogP contribution in [0, 0.1) is 16.7 Å². The molecule has 1 atom stereocenters. The van der Waals surface area contributed by atoms with Crippen LogP contribution in [0.4, 0.5) is 0 Å². The SMILES string of the molecule is CC(C)[C@@]1(C)CCN(C(=O)C(C)(C)C(N)=O)C1. The monoisotopic (exact) mass is 240 g/mol. The van der Waals surface area contributed by atoms with Crippen molar-refractivity contribution in [1.29, 1.82) is 0 Å². The summed E-state index contributed by atoms with van der Waals surface area (Å²) in [6, 6.07) is 0. The Bertz CT molecular complexity index is 336. The molecule has 2 amide bonds. The zero-order chi connectivity index (χ0) is 13.4. The standard InChI is InChI=1S/C13H24N2O2/c1-9(2)13(5)6-7-15(8-13)11(17)12(3,4)10(14)16/h9H,6-8H2,1-5H3,(H2,14,16)/t13-/m0/s1. The third-order valence-corrected chi connectivity index (χ3v) is 4.34. The van der Waals surface area contributed by atoms with Crippen LogP contribution in [-0.2, 0) is 9.59 Å². The number of primary amides is 1. The van der Waals surface area contributed by atoms with Crippen LogP contribution in [0.5, 0.6) is 0 Å². The van der Waals surface area contributed by atoms with Crippen LogP contribution in [-0.4, -0.2) is 29.8 Å². The van der Waals surface area contributed by atoms with Crippen molar-refractivity contribution in [1.82, 2.24) is 4.90 Å². The van der Waals surface area contributed by atoms with Gasteiger partial charge in [0.1, 0.15) is 5.41 Å². The summed E-state index contributed by atoms with van der Waals surface area (Å²) in [5, 5.41) is 0. The molecule has 1 aliphatic heterocycles. The molecule has 0 aliphatic carbocycles. The molecule has 4 heteroatoms. The van der Waals surface area contributed by atoms with Gasteiger partial charge in [-0.3, -0.25) is 9.59 Å². The summed E-state index contributed by atoms with van der Waals surface area (Å²) >= 11 is 0. The molecule has 2 N–H and O–H groups in total. The zero-order valence-corrected chi connectivity index (χ0v) is 11.5. The normalized spacial score (nSPS) is 25.4. The number of nitrogens with two attached hydrogens (primary N) is 1. The van der Waals surface area contributed by atoms with Crippen molar-refractivity contribution in [2.24, 2.45) is 22.5 Å². The maximum Gasteiger partial charge on any atom is 0.237 e. The predicted molar refractivity (Wildman–Crippen MR) is 67.1 cm³/mol. The fraction of sp³-hybridized carbons (Fsp3) is 0.846. The molecule has 0 saturated carbocycles. The molecule has 0 bridgehead atoms. The van der Waals surface area contributed by atoms with Crippen LogP contribution < -0.4 is 5.73 Å². The average molecular weight is 240 g/mol. The van der Waals surface area contributed by atoms with Crippen LogP contribution in [0.2, 0.25) is 0 Å². The molecule has 0 aromatic heterocycles. The van der Waals surface area contributed by atoms with E-state index in [4.69, 9.17) is 5.73 Å². The van der Waals surface area contributed by atoms with Crippen LogP contribution in [0.1, 0.15) is 41.0 Å². The van der Waals surface area contributed by atoms with Gasteiger partial charge in [-0.2, -0.15) is 0 Å². The largest absolute Gasteiger partial charge is 0.369 e. The van der Waals surface area contributed by atoms with Crippen molar-refractivity contribution in [2.75, 3.05) is 13.1 Å². The molecule has 1 rings (SSSR count). The van der Waals surface area contributed by atoms with Crippen molar-refractivity contribution < 1.29 is 9.59 Å². The number of hydrogen-bond acceptors (Lipinski definition) is 2. The summed E-state index contributed by atoms with van der Waals surface area (Å²) in [6.45, 7) is 11.2. The van der Waals surface area contributed by atoms with Gasteiger partial charge in [0, 0.05) is 13.1 Å². The van der Waals surface area contributed by atoms with Crippen LogP contribution in [0.25, 0.3) is 0 Å². The van der Waals surface area contributed by atoms with E-state index in [2.05, 4.69) is 20.8 Å². The molecule has 0 unspecified atom stereocenters. The molecular formula is C13H24N2O2. The minimum absolute atomic E-state index is 0.144. The molecule has 4 nitrogen and oxygen atoms in total. The first kappa shape index (κ1) is 14.0. The molecule has 0 radical (unpaired) electrons. The second kappa shape index (κ2) is 4.31. The number of amides is 2. The molecule has 98 valence electrons. The van der Waals surface area contributed by atoms with E-state index >= 15 is 0 Å². The third-order valence-electron chi connectivity index (χ3n) is 4.34. The van der Waals surface area contributed by atoms with E-state index in [9.17, 15) is 9.59 Å². The molecular weight excluding hydrogens is 216 g/mol. The second-order valence-corrected chi connectivity index (χ2v) is 6.27. The van der Waals surface area contributed by atoms with Gasteiger partial charge in [-0.05, 0) is 31.6 Å². The highest BCUT2D eigenvalue weighted by Crippen LogP contribution is 2.38. The summed E-state index contributed by atoms with van der Waals surface area (Å²) in [7, 11) is 0. The first-order valence-corrected chi connectivity index (χ1v) is 6.20. The van der Waals surface area contributed by atoms with Gasteiger partial charge in [0.25, 0.3) is 0 Å². The number of carbonyl (C=O) groups excluding carboxylic acids is 2. The van der Waals surface area contributed by atoms with Gasteiger partial charge in [0.05, 0.1) is 0 Å². The Morgan fingerprint density at radius 1 is 1.35 bits per heavy atom. The smallest absolute Gasteiger partial charge is 0.237 e. The lowest BCUT2D eigenvalue weighted by molar-refractivity contribution is -0.146. The van der Waals surface area contributed by atoms with Gasteiger partial charge in [-0.15, -0.1) is 0 Å². The van der Waals surface area contributed by atoms with Gasteiger partial charge in [-0.25, -0.2) is 0 Å². The second-order valence-electron chi connectivity index (χ2n) is 6.27. The number of rotatable bonds is 3. The molecule has 1 saturated heterocycles. The van der Waals surface area contributed by atoms with E-state index in [0.29, 0.717) is 5.92 Å². The van der Waals surface area contributed by atoms with E-state index in [1.165, 1.54) is 0 Å². The molecule has 1 aliphatic rings. The molecule has 0 aromatic carbocycles. The maximum atomic E-state index is 12.2. The Labute approximate surface area is 104 Å². The van der Waals surface area contributed by atoms with E-state index in [1.54, 1.807) is 18.7 Å². The highest BCUT2D eigenvalue weighted by molar-refractivity contribution is 6.03. The first-order chi connectivity index (χ1) is 7.61. The minimum atomic E-state index is -1.10. The lowest BCUT2D eigenvalue weighted by Crippen LogP contribution is -2.47. The molecule has 0 spiro atoms. The minimum Gasteiger partial charge on any atom is -0.369 e. The Hall–Kier alpha value is -1.06. The lowest BCUT2D eigenvalue weighted by atomic mass is 9.78. The Morgan fingerprint density at radius 2 is 1.88 bits per heavy atom. The van der Waals surface area contributed by atoms with E-state index in [-0.39, 0.29) is 11.3 Å². The summed E-state index contributed by atoms with van der Waals surface area (Å²) in [5.74, 6) is -0.174. The fourth-order valence-corrected chi connectivity index (χ4v) is 2.13. The summed E-state index contributed by atoms with van der Waals surface area (Å²) < 4.78 is 0. The van der Waals surface area contributed by atoms with Crippen molar-refractivity contribution in [3.05, 3.63) is 0 Å². The van der Waals surface area contributed by atoms with Crippen LogP contribution >= 0.6 is 0 Å². The van der Waals surface area contributed by atoms with Gasteiger partial charge in [-0.1, -0.05) is 20.8 Å². The Kier molecular flexibility index (Phi) is 3.55. The van der Waals surface area contributed by atoms with Crippen molar-refractivity contribution in [3.8, 4) is 0 Å². The van der Waals surface area contributed by atoms with E-state index in [0.717, 1.165) is 19.5 Å². The summed E-state index contributed by atoms with van der Waals surface area (Å²) in [5.41, 5.74) is 4.34. The number of carbonyl (C=O) groups is 2. The van der Waals surface area contributed by atoms with Crippen molar-refractivity contribution >= 4 is 11.8 Å². The number of hydrogen-bond donors (Lipinski definition) is 1. The van der Waals surface area contributed by atoms with E-state index in [1.807, 2.05) is 0 Å². The highest BCUT2D eigenvalue weighted by Gasteiger charge is 2.44. The molecule has 0 aromatic rings. The van der Waals surface area contributed by atoms with Gasteiger partial charge in [0.15, 0.2) is 0 Å². The highest BCUT2D eigenvalue weighted by atomic mass is 16.2. The Morgan fingerprint density at radius 3 is 2.24 bits per heavy atom. The zero-order valence-electron chi connectivity index (χ0n) is 11.5. The third kappa shape index (κ3) is 2.45. The summed E-state index contributed by atoms with van der Waals surface area (Å²) in [6.07, 6.45) is 0.991. The Balaban J connectivity index is 2.79. The lowest BCUT2D eigenvalue weighted by Gasteiger charge is -2.31. The number of likely N-dealkylation sites (tertiary alicyclic amines) is 1. The number of nitrogens with zero attached hydrogens (tertiary/aromatic N) is 1. The van der Waals surface area contributed by atoms with Gasteiger partial charge < -0.3 is 10.6 Å². The quantitative estimate of drug-likeness (QED) is 0.758. The first-order valence-electron chi connectivity index (χ1n) is 6.20. The van der Waals surface area contributed by atoms with Gasteiger partial charge in [0.2, 0.25) is 11.8 Å². The topological polar surface area (TPSA) is 63.4 Å². The fourth-order valence-electron chi connectivity index (χ4n) is 2.13. The summed E-state index contributed by atoms with van der Waals surface area (Å²) in [4.78, 5) is 25.3. The van der Waals surface area contributed by atoms with Crippen molar-refractivity contribution in [2.45, 2.75) is 41.0 Å². The van der Waals surface area contributed by atoms with Crippen LogP contribution in [0.3, 0.4) is 0 Å². The van der Waals surface area contributed by atoms with E-state index < -0.39 is 11.3 Å². The van der Waals surface area contributed by atoms with Crippen LogP contribution in [0.15, 0.2) is 0 Å². The average Bonchev–Trinajstić information content (AvgIpc) is 2.61. The van der Waals surface area contributed by atoms with Crippen molar-refractivity contribution in [3.63, 3.8) is 0 Å². The predicted octanol–water partition coefficient (Wildman–Crippen LogP) is 1.39. The molecule has 1 heterocycles. The molecule has 1 fully saturated rings. The van der Waals surface area contributed by atoms with Gasteiger partial charge >= 0.3 is 0 Å². The molecule has 17 heavy (non-hydrogen) atoms. The maximum absolute atomic E-state index is 12.2.